The lowest BCUT2D eigenvalue weighted by molar-refractivity contribution is 0.631. The molecule has 0 aliphatic carbocycles. The minimum atomic E-state index is 0.865. The number of benzene rings is 7. The monoisotopic (exact) mass is 511 g/mol. The van der Waals surface area contributed by atoms with E-state index in [2.05, 4.69) is 138 Å². The molecule has 0 saturated heterocycles. The molecule has 0 N–H and O–H groups in total. The van der Waals surface area contributed by atoms with Crippen LogP contribution in [0, 0.1) is 0 Å². The van der Waals surface area contributed by atoms with Crippen molar-refractivity contribution in [2.24, 2.45) is 0 Å². The fourth-order valence-corrected chi connectivity index (χ4v) is 5.95. The maximum atomic E-state index is 6.28. The number of hydrogen-bond acceptors (Lipinski definition) is 2. The molecule has 188 valence electrons. The summed E-state index contributed by atoms with van der Waals surface area (Å²) in [6.45, 7) is 0. The zero-order valence-electron chi connectivity index (χ0n) is 21.8. The van der Waals surface area contributed by atoms with Gasteiger partial charge in [0.15, 0.2) is 0 Å². The molecule has 0 fully saturated rings. The van der Waals surface area contributed by atoms with Crippen molar-refractivity contribution >= 4 is 60.3 Å². The maximum Gasteiger partial charge on any atom is 0.135 e. The largest absolute Gasteiger partial charge is 0.456 e. The van der Waals surface area contributed by atoms with Gasteiger partial charge in [-0.05, 0) is 57.9 Å². The first-order valence-electron chi connectivity index (χ1n) is 13.6. The highest BCUT2D eigenvalue weighted by Crippen LogP contribution is 2.45. The minimum absolute atomic E-state index is 0.865. The molecule has 0 atom stereocenters. The standard InChI is InChI=1S/C38H25NO/c1-5-18-32-26(11-1)14-10-21-35(32)39(36-24-27-12-2-4-17-31(27)33-19-6-7-20-34(33)36)30-16-9-15-28(23-30)38-25-29-13-3-8-22-37(29)40-38/h1-25H. The number of anilines is 3. The van der Waals surface area contributed by atoms with Crippen LogP contribution in [-0.4, -0.2) is 0 Å². The maximum absolute atomic E-state index is 6.28. The normalized spacial score (nSPS) is 11.5. The molecule has 0 spiro atoms. The molecule has 0 bridgehead atoms. The Bertz CT molecular complexity index is 2150. The van der Waals surface area contributed by atoms with Crippen LogP contribution in [0.15, 0.2) is 156 Å². The zero-order valence-corrected chi connectivity index (χ0v) is 21.8. The van der Waals surface area contributed by atoms with Crippen LogP contribution in [0.5, 0.6) is 0 Å². The second kappa shape index (κ2) is 9.14. The summed E-state index contributed by atoms with van der Waals surface area (Å²) in [6.07, 6.45) is 0. The van der Waals surface area contributed by atoms with Crippen molar-refractivity contribution in [2.45, 2.75) is 0 Å². The summed E-state index contributed by atoms with van der Waals surface area (Å²) < 4.78 is 6.28. The Morgan fingerprint density at radius 1 is 0.400 bits per heavy atom. The summed E-state index contributed by atoms with van der Waals surface area (Å²) in [7, 11) is 0. The van der Waals surface area contributed by atoms with Crippen LogP contribution in [-0.2, 0) is 0 Å². The van der Waals surface area contributed by atoms with Crippen LogP contribution < -0.4 is 4.90 Å². The number of nitrogens with zero attached hydrogens (tertiary/aromatic N) is 1. The van der Waals surface area contributed by atoms with Crippen LogP contribution in [0.1, 0.15) is 0 Å². The second-order valence-electron chi connectivity index (χ2n) is 10.2. The molecule has 1 heterocycles. The topological polar surface area (TPSA) is 16.4 Å². The van der Waals surface area contributed by atoms with Crippen molar-refractivity contribution in [1.82, 2.24) is 0 Å². The average molecular weight is 512 g/mol. The Morgan fingerprint density at radius 2 is 1.05 bits per heavy atom. The number of hydrogen-bond donors (Lipinski definition) is 0. The van der Waals surface area contributed by atoms with E-state index >= 15 is 0 Å². The van der Waals surface area contributed by atoms with Crippen LogP contribution in [0.25, 0.3) is 54.6 Å². The van der Waals surface area contributed by atoms with E-state index in [9.17, 15) is 0 Å². The number of para-hydroxylation sites is 1. The third-order valence-electron chi connectivity index (χ3n) is 7.81. The molecule has 2 nitrogen and oxygen atoms in total. The predicted molar refractivity (Wildman–Crippen MR) is 169 cm³/mol. The molecule has 8 rings (SSSR count). The van der Waals surface area contributed by atoms with E-state index in [1.165, 1.54) is 32.3 Å². The molecule has 8 aromatic rings. The van der Waals surface area contributed by atoms with Gasteiger partial charge in [0.2, 0.25) is 0 Å². The molecule has 1 aromatic heterocycles. The molecular weight excluding hydrogens is 486 g/mol. The lowest BCUT2D eigenvalue weighted by Crippen LogP contribution is -2.11. The molecule has 0 aliphatic rings. The van der Waals surface area contributed by atoms with E-state index in [0.717, 1.165) is 39.4 Å². The zero-order chi connectivity index (χ0) is 26.5. The average Bonchev–Trinajstić information content (AvgIpc) is 3.46. The number of rotatable bonds is 4. The third kappa shape index (κ3) is 3.65. The first kappa shape index (κ1) is 22.6. The molecule has 2 heteroatoms. The Hall–Kier alpha value is -5.34. The molecule has 7 aromatic carbocycles. The van der Waals surface area contributed by atoms with Crippen molar-refractivity contribution in [3.8, 4) is 11.3 Å². The van der Waals surface area contributed by atoms with E-state index in [1.807, 2.05) is 18.2 Å². The molecule has 0 amide bonds. The minimum Gasteiger partial charge on any atom is -0.456 e. The van der Waals surface area contributed by atoms with Crippen molar-refractivity contribution in [2.75, 3.05) is 4.90 Å². The van der Waals surface area contributed by atoms with Gasteiger partial charge in [0.1, 0.15) is 11.3 Å². The lowest BCUT2D eigenvalue weighted by atomic mass is 9.98. The summed E-state index contributed by atoms with van der Waals surface area (Å²) in [4.78, 5) is 2.41. The third-order valence-corrected chi connectivity index (χ3v) is 7.81. The fraction of sp³-hybridized carbons (Fsp3) is 0. The number of furan rings is 1. The van der Waals surface area contributed by atoms with Crippen LogP contribution in [0.4, 0.5) is 17.1 Å². The van der Waals surface area contributed by atoms with Gasteiger partial charge in [-0.2, -0.15) is 0 Å². The van der Waals surface area contributed by atoms with Crippen LogP contribution in [0.3, 0.4) is 0 Å². The molecule has 0 unspecified atom stereocenters. The summed E-state index contributed by atoms with van der Waals surface area (Å²) in [5, 5.41) is 8.46. The molecule has 0 saturated carbocycles. The Morgan fingerprint density at radius 3 is 1.90 bits per heavy atom. The highest BCUT2D eigenvalue weighted by molar-refractivity contribution is 6.15. The lowest BCUT2D eigenvalue weighted by Gasteiger charge is -2.29. The quantitative estimate of drug-likeness (QED) is 0.218. The Balaban J connectivity index is 1.43. The van der Waals surface area contributed by atoms with Gasteiger partial charge in [-0.3, -0.25) is 0 Å². The summed E-state index contributed by atoms with van der Waals surface area (Å²) in [6, 6.07) is 53.9. The Labute approximate surface area is 232 Å². The predicted octanol–water partition coefficient (Wildman–Crippen LogP) is 11.0. The second-order valence-corrected chi connectivity index (χ2v) is 10.2. The first-order valence-corrected chi connectivity index (χ1v) is 13.6. The SMILES string of the molecule is c1cc(-c2cc3ccccc3o2)cc(N(c2cccc3ccccc23)c2cc3ccccc3c3ccccc23)c1. The van der Waals surface area contributed by atoms with Gasteiger partial charge >= 0.3 is 0 Å². The summed E-state index contributed by atoms with van der Waals surface area (Å²) in [5.74, 6) is 0.865. The van der Waals surface area contributed by atoms with Gasteiger partial charge in [-0.15, -0.1) is 0 Å². The van der Waals surface area contributed by atoms with Crippen molar-refractivity contribution < 1.29 is 4.42 Å². The Kier molecular flexibility index (Phi) is 5.17. The highest BCUT2D eigenvalue weighted by Gasteiger charge is 2.20. The molecular formula is C38H25NO. The van der Waals surface area contributed by atoms with Gasteiger partial charge in [0.25, 0.3) is 0 Å². The van der Waals surface area contributed by atoms with E-state index < -0.39 is 0 Å². The molecule has 0 aliphatic heterocycles. The summed E-state index contributed by atoms with van der Waals surface area (Å²) in [5.41, 5.74) is 5.31. The van der Waals surface area contributed by atoms with Gasteiger partial charge in [0, 0.05) is 27.4 Å². The van der Waals surface area contributed by atoms with E-state index in [1.54, 1.807) is 0 Å². The summed E-state index contributed by atoms with van der Waals surface area (Å²) >= 11 is 0. The van der Waals surface area contributed by atoms with E-state index in [0.29, 0.717) is 0 Å². The van der Waals surface area contributed by atoms with Gasteiger partial charge in [-0.25, -0.2) is 0 Å². The number of fused-ring (bicyclic) bond motifs is 5. The van der Waals surface area contributed by atoms with Gasteiger partial charge < -0.3 is 9.32 Å². The smallest absolute Gasteiger partial charge is 0.135 e. The van der Waals surface area contributed by atoms with E-state index in [4.69, 9.17) is 4.42 Å². The highest BCUT2D eigenvalue weighted by atomic mass is 16.3. The van der Waals surface area contributed by atoms with Crippen molar-refractivity contribution in [3.63, 3.8) is 0 Å². The fourth-order valence-electron chi connectivity index (χ4n) is 5.95. The van der Waals surface area contributed by atoms with Crippen molar-refractivity contribution in [3.05, 3.63) is 152 Å². The first-order chi connectivity index (χ1) is 19.8. The van der Waals surface area contributed by atoms with E-state index in [-0.39, 0.29) is 0 Å². The van der Waals surface area contributed by atoms with Crippen molar-refractivity contribution in [1.29, 1.82) is 0 Å². The van der Waals surface area contributed by atoms with Gasteiger partial charge in [0.05, 0.1) is 11.4 Å². The van der Waals surface area contributed by atoms with Crippen LogP contribution in [0.2, 0.25) is 0 Å². The van der Waals surface area contributed by atoms with Crippen LogP contribution >= 0.6 is 0 Å². The van der Waals surface area contributed by atoms with Gasteiger partial charge in [-0.1, -0.05) is 115 Å². The molecule has 40 heavy (non-hydrogen) atoms. The molecule has 0 radical (unpaired) electrons.